The number of benzene rings is 2. The Balaban J connectivity index is 1.39. The van der Waals surface area contributed by atoms with E-state index < -0.39 is 0 Å². The Hall–Kier alpha value is -2.99. The van der Waals surface area contributed by atoms with Crippen LogP contribution in [0.5, 0.6) is 0 Å². The van der Waals surface area contributed by atoms with Crippen molar-refractivity contribution in [3.8, 4) is 11.1 Å². The molecule has 6 nitrogen and oxygen atoms in total. The van der Waals surface area contributed by atoms with E-state index in [4.69, 9.17) is 0 Å². The van der Waals surface area contributed by atoms with Crippen LogP contribution in [0, 0.1) is 13.8 Å². The maximum Gasteiger partial charge on any atom is 0.253 e. The van der Waals surface area contributed by atoms with E-state index in [0.29, 0.717) is 0 Å². The number of aromatic nitrogens is 3. The van der Waals surface area contributed by atoms with Crippen LogP contribution < -0.4 is 0 Å². The predicted molar refractivity (Wildman–Crippen MR) is 109 cm³/mol. The molecule has 0 bridgehead atoms. The Kier molecular flexibility index (Phi) is 5.21. The van der Waals surface area contributed by atoms with Gasteiger partial charge in [-0.25, -0.2) is 4.98 Å². The van der Waals surface area contributed by atoms with E-state index in [1.54, 1.807) is 0 Å². The summed E-state index contributed by atoms with van der Waals surface area (Å²) in [7, 11) is 0. The van der Waals surface area contributed by atoms with Gasteiger partial charge in [-0.05, 0) is 42.7 Å². The van der Waals surface area contributed by atoms with Gasteiger partial charge in [-0.3, -0.25) is 14.8 Å². The molecule has 0 radical (unpaired) electrons. The third-order valence-corrected chi connectivity index (χ3v) is 5.32. The summed E-state index contributed by atoms with van der Waals surface area (Å²) >= 11 is 0. The number of carbonyl (C=O) groups excluding carboxylic acids is 1. The molecular formula is C22H25N5O. The van der Waals surface area contributed by atoms with Crippen molar-refractivity contribution in [2.24, 2.45) is 0 Å². The van der Waals surface area contributed by atoms with Crippen LogP contribution in [0.4, 0.5) is 0 Å². The van der Waals surface area contributed by atoms with E-state index in [1.807, 2.05) is 29.2 Å². The minimum absolute atomic E-state index is 0.103. The van der Waals surface area contributed by atoms with Crippen molar-refractivity contribution in [2.75, 3.05) is 26.2 Å². The topological polar surface area (TPSA) is 65.1 Å². The zero-order valence-corrected chi connectivity index (χ0v) is 16.4. The summed E-state index contributed by atoms with van der Waals surface area (Å²) in [6.45, 7) is 8.11. The van der Waals surface area contributed by atoms with Crippen molar-refractivity contribution in [1.82, 2.24) is 25.0 Å². The van der Waals surface area contributed by atoms with Crippen molar-refractivity contribution in [3.63, 3.8) is 0 Å². The molecule has 1 N–H and O–H groups in total. The molecular weight excluding hydrogens is 350 g/mol. The summed E-state index contributed by atoms with van der Waals surface area (Å²) < 4.78 is 0. The fourth-order valence-corrected chi connectivity index (χ4v) is 3.74. The van der Waals surface area contributed by atoms with Gasteiger partial charge in [0.25, 0.3) is 5.91 Å². The predicted octanol–water partition coefficient (Wildman–Crippen LogP) is 3.05. The van der Waals surface area contributed by atoms with Crippen LogP contribution in [0.2, 0.25) is 0 Å². The number of nitrogens with one attached hydrogen (secondary N) is 1. The number of hydrogen-bond acceptors (Lipinski definition) is 4. The highest BCUT2D eigenvalue weighted by Crippen LogP contribution is 2.25. The fourth-order valence-electron chi connectivity index (χ4n) is 3.74. The number of amides is 1. The van der Waals surface area contributed by atoms with E-state index in [1.165, 1.54) is 23.0 Å². The number of H-pyrrole nitrogens is 1. The number of nitrogens with zero attached hydrogens (tertiary/aromatic N) is 4. The van der Waals surface area contributed by atoms with Gasteiger partial charge in [0.15, 0.2) is 0 Å². The van der Waals surface area contributed by atoms with Crippen molar-refractivity contribution in [3.05, 3.63) is 71.3 Å². The van der Waals surface area contributed by atoms with E-state index in [2.05, 4.69) is 52.1 Å². The van der Waals surface area contributed by atoms with Crippen molar-refractivity contribution >= 4 is 5.91 Å². The fraction of sp³-hybridized carbons (Fsp3) is 0.318. The average molecular weight is 375 g/mol. The highest BCUT2D eigenvalue weighted by molar-refractivity contribution is 5.94. The molecule has 2 heterocycles. The lowest BCUT2D eigenvalue weighted by atomic mass is 9.98. The van der Waals surface area contributed by atoms with Gasteiger partial charge in [-0.1, -0.05) is 35.9 Å². The van der Waals surface area contributed by atoms with Gasteiger partial charge in [0.05, 0.1) is 6.54 Å². The first kappa shape index (κ1) is 18.4. The normalized spacial score (nSPS) is 15.0. The van der Waals surface area contributed by atoms with Crippen molar-refractivity contribution < 1.29 is 4.79 Å². The largest absolute Gasteiger partial charge is 0.336 e. The van der Waals surface area contributed by atoms with Crippen molar-refractivity contribution in [2.45, 2.75) is 20.4 Å². The lowest BCUT2D eigenvalue weighted by Gasteiger charge is -2.34. The number of aryl methyl sites for hydroxylation is 2. The first-order valence-electron chi connectivity index (χ1n) is 9.64. The Morgan fingerprint density at radius 1 is 1.04 bits per heavy atom. The first-order chi connectivity index (χ1) is 13.6. The third-order valence-electron chi connectivity index (χ3n) is 5.32. The minimum Gasteiger partial charge on any atom is -0.336 e. The zero-order valence-electron chi connectivity index (χ0n) is 16.4. The van der Waals surface area contributed by atoms with Crippen LogP contribution in [-0.4, -0.2) is 57.1 Å². The van der Waals surface area contributed by atoms with Gasteiger partial charge in [0.2, 0.25) is 0 Å². The van der Waals surface area contributed by atoms with Gasteiger partial charge in [-0.2, -0.15) is 5.10 Å². The number of aromatic amines is 1. The summed E-state index contributed by atoms with van der Waals surface area (Å²) in [5.41, 5.74) is 5.62. The molecule has 3 aromatic rings. The van der Waals surface area contributed by atoms with Crippen LogP contribution in [0.15, 0.2) is 48.8 Å². The van der Waals surface area contributed by atoms with E-state index in [9.17, 15) is 4.79 Å². The van der Waals surface area contributed by atoms with Crippen molar-refractivity contribution in [1.29, 1.82) is 0 Å². The molecule has 0 unspecified atom stereocenters. The molecule has 0 aliphatic carbocycles. The molecule has 1 aliphatic rings. The lowest BCUT2D eigenvalue weighted by molar-refractivity contribution is 0.0625. The van der Waals surface area contributed by atoms with Crippen LogP contribution >= 0.6 is 0 Å². The molecule has 1 aromatic heterocycles. The summed E-state index contributed by atoms with van der Waals surface area (Å²) in [4.78, 5) is 21.2. The molecule has 6 heteroatoms. The molecule has 28 heavy (non-hydrogen) atoms. The molecule has 1 saturated heterocycles. The molecule has 1 amide bonds. The Bertz CT molecular complexity index is 942. The zero-order chi connectivity index (χ0) is 19.5. The van der Waals surface area contributed by atoms with Gasteiger partial charge in [0.1, 0.15) is 12.2 Å². The SMILES string of the molecule is Cc1ccc(-c2ccc(C(=O)N3CCN(Cc4ncn[nH]4)CC3)cc2)c(C)c1. The maximum absolute atomic E-state index is 12.9. The summed E-state index contributed by atoms with van der Waals surface area (Å²) in [6, 6.07) is 14.4. The second kappa shape index (κ2) is 7.94. The molecule has 0 atom stereocenters. The molecule has 4 rings (SSSR count). The Labute approximate surface area is 165 Å². The highest BCUT2D eigenvalue weighted by Gasteiger charge is 2.22. The van der Waals surface area contributed by atoms with E-state index >= 15 is 0 Å². The second-order valence-corrected chi connectivity index (χ2v) is 7.40. The molecule has 144 valence electrons. The Morgan fingerprint density at radius 2 is 1.79 bits per heavy atom. The lowest BCUT2D eigenvalue weighted by Crippen LogP contribution is -2.48. The van der Waals surface area contributed by atoms with E-state index in [-0.39, 0.29) is 5.91 Å². The maximum atomic E-state index is 12.9. The summed E-state index contributed by atoms with van der Waals surface area (Å²) in [5.74, 6) is 0.966. The molecule has 0 saturated carbocycles. The van der Waals surface area contributed by atoms with Gasteiger partial charge in [0, 0.05) is 31.7 Å². The second-order valence-electron chi connectivity index (χ2n) is 7.40. The molecule has 0 spiro atoms. The van der Waals surface area contributed by atoms with Gasteiger partial charge < -0.3 is 4.90 Å². The van der Waals surface area contributed by atoms with Crippen LogP contribution in [-0.2, 0) is 6.54 Å². The van der Waals surface area contributed by atoms with Gasteiger partial charge in [-0.15, -0.1) is 0 Å². The summed E-state index contributed by atoms with van der Waals surface area (Å²) in [5, 5.41) is 6.77. The van der Waals surface area contributed by atoms with Crippen LogP contribution in [0.1, 0.15) is 27.3 Å². The van der Waals surface area contributed by atoms with Gasteiger partial charge >= 0.3 is 0 Å². The quantitative estimate of drug-likeness (QED) is 0.761. The third kappa shape index (κ3) is 3.97. The first-order valence-corrected chi connectivity index (χ1v) is 9.64. The average Bonchev–Trinajstić information content (AvgIpc) is 3.21. The smallest absolute Gasteiger partial charge is 0.253 e. The number of carbonyl (C=O) groups is 1. The molecule has 1 fully saturated rings. The Morgan fingerprint density at radius 3 is 2.43 bits per heavy atom. The van der Waals surface area contributed by atoms with Crippen LogP contribution in [0.25, 0.3) is 11.1 Å². The number of hydrogen-bond donors (Lipinski definition) is 1. The molecule has 2 aromatic carbocycles. The number of piperazine rings is 1. The highest BCUT2D eigenvalue weighted by atomic mass is 16.2. The molecule has 1 aliphatic heterocycles. The minimum atomic E-state index is 0.103. The number of rotatable bonds is 4. The van der Waals surface area contributed by atoms with E-state index in [0.717, 1.165) is 49.7 Å². The summed E-state index contributed by atoms with van der Waals surface area (Å²) in [6.07, 6.45) is 1.52. The standard InChI is InChI=1S/C22H25N5O/c1-16-3-8-20(17(2)13-16)18-4-6-19(7-5-18)22(28)27-11-9-26(10-12-27)14-21-23-15-24-25-21/h3-8,13,15H,9-12,14H2,1-2H3,(H,23,24,25). The monoisotopic (exact) mass is 375 g/mol. The van der Waals surface area contributed by atoms with Crippen LogP contribution in [0.3, 0.4) is 0 Å².